The van der Waals surface area contributed by atoms with Gasteiger partial charge in [-0.2, -0.15) is 5.26 Å². The van der Waals surface area contributed by atoms with E-state index in [1.165, 1.54) is 25.0 Å². The molecule has 1 aromatic rings. The average Bonchev–Trinajstić information content (AvgIpc) is 2.76. The molecule has 0 aliphatic heterocycles. The van der Waals surface area contributed by atoms with E-state index in [1.54, 1.807) is 6.07 Å². The molecule has 84 valence electrons. The van der Waals surface area contributed by atoms with E-state index in [9.17, 15) is 9.59 Å². The smallest absolute Gasteiger partial charge is 0.321 e. The molecule has 0 aliphatic rings. The van der Waals surface area contributed by atoms with Gasteiger partial charge in [0.05, 0.1) is 0 Å². The van der Waals surface area contributed by atoms with Crippen molar-refractivity contribution in [3.05, 3.63) is 12.2 Å². The number of aromatic nitrogens is 3. The maximum atomic E-state index is 11.5. The molecule has 0 bridgehead atoms. The predicted molar refractivity (Wildman–Crippen MR) is 52.0 cm³/mol. The lowest BCUT2D eigenvalue weighted by atomic mass is 10.3. The van der Waals surface area contributed by atoms with Crippen molar-refractivity contribution in [3.63, 3.8) is 0 Å². The molecule has 8 heteroatoms. The summed E-state index contributed by atoms with van der Waals surface area (Å²) < 4.78 is 1.21. The Balaban J connectivity index is 2.71. The first kappa shape index (κ1) is 11.6. The molecular weight excluding hydrogens is 212 g/mol. The number of carbonyl (C=O) groups excluding carboxylic acids is 2. The highest BCUT2D eigenvalue weighted by molar-refractivity contribution is 5.95. The Morgan fingerprint density at radius 3 is 2.81 bits per heavy atom. The Morgan fingerprint density at radius 1 is 1.62 bits per heavy atom. The number of nitrogens with one attached hydrogen (secondary N) is 2. The van der Waals surface area contributed by atoms with Crippen LogP contribution >= 0.6 is 0 Å². The molecule has 0 saturated carbocycles. The third kappa shape index (κ3) is 2.54. The lowest BCUT2D eigenvalue weighted by Crippen LogP contribution is -2.40. The minimum absolute atomic E-state index is 0.0282. The van der Waals surface area contributed by atoms with Crippen molar-refractivity contribution in [2.24, 2.45) is 0 Å². The Hall–Kier alpha value is -2.43. The summed E-state index contributed by atoms with van der Waals surface area (Å²) in [6.07, 6.45) is 1.26. The number of nitrogens with zero attached hydrogens (tertiary/aromatic N) is 4. The van der Waals surface area contributed by atoms with Gasteiger partial charge in [0.15, 0.2) is 0 Å². The average molecular weight is 222 g/mol. The molecule has 1 atom stereocenters. The van der Waals surface area contributed by atoms with Gasteiger partial charge >= 0.3 is 6.03 Å². The van der Waals surface area contributed by atoms with Crippen LogP contribution in [0.25, 0.3) is 0 Å². The molecule has 1 aromatic heterocycles. The number of carbonyl (C=O) groups is 2. The van der Waals surface area contributed by atoms with E-state index in [1.807, 2.05) is 0 Å². The van der Waals surface area contributed by atoms with Gasteiger partial charge in [0, 0.05) is 7.05 Å². The van der Waals surface area contributed by atoms with Gasteiger partial charge in [0.2, 0.25) is 0 Å². The Bertz CT molecular complexity index is 446. The molecule has 0 radical (unpaired) electrons. The lowest BCUT2D eigenvalue weighted by molar-refractivity contribution is -0.123. The number of nitriles is 1. The molecular formula is C8H10N6O2. The molecule has 0 unspecified atom stereocenters. The number of hydrogen-bond acceptors (Lipinski definition) is 5. The molecule has 0 saturated heterocycles. The molecule has 8 nitrogen and oxygen atoms in total. The minimum Gasteiger partial charge on any atom is -0.341 e. The second kappa shape index (κ2) is 4.88. The van der Waals surface area contributed by atoms with E-state index >= 15 is 0 Å². The summed E-state index contributed by atoms with van der Waals surface area (Å²) in [6.45, 7) is 1.54. The van der Waals surface area contributed by atoms with E-state index in [4.69, 9.17) is 5.26 Å². The van der Waals surface area contributed by atoms with Crippen LogP contribution in [0.2, 0.25) is 0 Å². The summed E-state index contributed by atoms with van der Waals surface area (Å²) in [5.41, 5.74) is 0. The fourth-order valence-electron chi connectivity index (χ4n) is 0.912. The van der Waals surface area contributed by atoms with E-state index in [-0.39, 0.29) is 5.82 Å². The zero-order chi connectivity index (χ0) is 12.1. The lowest BCUT2D eigenvalue weighted by Gasteiger charge is -2.10. The topological polar surface area (TPSA) is 113 Å². The van der Waals surface area contributed by atoms with Crippen LogP contribution < -0.4 is 10.6 Å². The van der Waals surface area contributed by atoms with Gasteiger partial charge in [0.1, 0.15) is 18.4 Å². The van der Waals surface area contributed by atoms with Crippen molar-refractivity contribution >= 4 is 11.9 Å². The Labute approximate surface area is 91.3 Å². The first-order valence-corrected chi connectivity index (χ1v) is 4.42. The van der Waals surface area contributed by atoms with Crippen LogP contribution in [0.3, 0.4) is 0 Å². The normalized spacial score (nSPS) is 11.3. The fraction of sp³-hybridized carbons (Fsp3) is 0.375. The third-order valence-electron chi connectivity index (χ3n) is 1.85. The molecule has 3 amide bonds. The molecule has 1 heterocycles. The highest BCUT2D eigenvalue weighted by Gasteiger charge is 2.18. The molecule has 16 heavy (non-hydrogen) atoms. The van der Waals surface area contributed by atoms with Gasteiger partial charge in [-0.1, -0.05) is 0 Å². The molecule has 0 fully saturated rings. The van der Waals surface area contributed by atoms with E-state index in [0.717, 1.165) is 0 Å². The summed E-state index contributed by atoms with van der Waals surface area (Å²) in [5.74, 6) is -0.562. The molecule has 0 spiro atoms. The van der Waals surface area contributed by atoms with Crippen LogP contribution in [0, 0.1) is 11.3 Å². The summed E-state index contributed by atoms with van der Waals surface area (Å²) in [6, 6.07) is 0.424. The second-order valence-corrected chi connectivity index (χ2v) is 2.90. The van der Waals surface area contributed by atoms with Gasteiger partial charge in [-0.25, -0.2) is 14.5 Å². The van der Waals surface area contributed by atoms with E-state index in [0.29, 0.717) is 0 Å². The van der Waals surface area contributed by atoms with Gasteiger partial charge in [0.25, 0.3) is 11.7 Å². The van der Waals surface area contributed by atoms with Crippen molar-refractivity contribution in [2.45, 2.75) is 13.0 Å². The van der Waals surface area contributed by atoms with Gasteiger partial charge in [-0.05, 0) is 6.92 Å². The number of urea groups is 1. The quantitative estimate of drug-likeness (QED) is 0.677. The SMILES string of the molecule is CNC(=O)NC(=O)[C@H](C)n1cnc(C#N)n1. The molecule has 0 aromatic carbocycles. The molecule has 1 rings (SSSR count). The van der Waals surface area contributed by atoms with Gasteiger partial charge in [-0.15, -0.1) is 5.10 Å². The van der Waals surface area contributed by atoms with Crippen LogP contribution in [0.1, 0.15) is 18.8 Å². The maximum Gasteiger partial charge on any atom is 0.321 e. The third-order valence-corrected chi connectivity index (χ3v) is 1.85. The van der Waals surface area contributed by atoms with Gasteiger partial charge in [-0.3, -0.25) is 10.1 Å². The predicted octanol–water partition coefficient (Wildman–Crippen LogP) is -0.834. The van der Waals surface area contributed by atoms with Crippen LogP contribution in [-0.4, -0.2) is 33.8 Å². The van der Waals surface area contributed by atoms with Crippen molar-refractivity contribution in [3.8, 4) is 6.07 Å². The monoisotopic (exact) mass is 222 g/mol. The maximum absolute atomic E-state index is 11.5. The number of imide groups is 1. The van der Waals surface area contributed by atoms with Crippen LogP contribution in [0.15, 0.2) is 6.33 Å². The summed E-state index contributed by atoms with van der Waals surface area (Å²) in [7, 11) is 1.40. The summed E-state index contributed by atoms with van der Waals surface area (Å²) >= 11 is 0. The summed E-state index contributed by atoms with van der Waals surface area (Å²) in [5, 5.41) is 16.6. The molecule has 0 aliphatic carbocycles. The van der Waals surface area contributed by atoms with Crippen LogP contribution in [0.5, 0.6) is 0 Å². The van der Waals surface area contributed by atoms with E-state index < -0.39 is 18.0 Å². The zero-order valence-corrected chi connectivity index (χ0v) is 8.76. The first-order valence-electron chi connectivity index (χ1n) is 4.42. The van der Waals surface area contributed by atoms with Crippen LogP contribution in [0.4, 0.5) is 4.79 Å². The number of rotatable bonds is 2. The second-order valence-electron chi connectivity index (χ2n) is 2.90. The van der Waals surface area contributed by atoms with Crippen molar-refractivity contribution in [1.29, 1.82) is 5.26 Å². The standard InChI is InChI=1S/C8H10N6O2/c1-5(7(15)12-8(16)10-2)14-4-11-6(3-9)13-14/h4-5H,1-2H3,(H2,10,12,15,16)/t5-/m0/s1. The number of amides is 3. The van der Waals surface area contributed by atoms with Crippen molar-refractivity contribution < 1.29 is 9.59 Å². The Morgan fingerprint density at radius 2 is 2.31 bits per heavy atom. The minimum atomic E-state index is -0.716. The van der Waals surface area contributed by atoms with Gasteiger partial charge < -0.3 is 5.32 Å². The van der Waals surface area contributed by atoms with Crippen molar-refractivity contribution in [1.82, 2.24) is 25.4 Å². The first-order chi connectivity index (χ1) is 7.58. The highest BCUT2D eigenvalue weighted by Crippen LogP contribution is 2.02. The van der Waals surface area contributed by atoms with E-state index in [2.05, 4.69) is 20.7 Å². The highest BCUT2D eigenvalue weighted by atomic mass is 16.2. The fourth-order valence-corrected chi connectivity index (χ4v) is 0.912. The molecule has 2 N–H and O–H groups in total. The Kier molecular flexibility index (Phi) is 3.55. The van der Waals surface area contributed by atoms with Crippen LogP contribution in [-0.2, 0) is 4.79 Å². The summed E-state index contributed by atoms with van der Waals surface area (Å²) in [4.78, 5) is 26.0. The largest absolute Gasteiger partial charge is 0.341 e. The van der Waals surface area contributed by atoms with Crippen molar-refractivity contribution in [2.75, 3.05) is 7.05 Å². The zero-order valence-electron chi connectivity index (χ0n) is 8.76. The number of hydrogen-bond donors (Lipinski definition) is 2.